The minimum atomic E-state index is -3.54. The molecule has 1 fully saturated rings. The zero-order chi connectivity index (χ0) is 10.9. The number of hydrogen-bond acceptors (Lipinski definition) is 3. The predicted octanol–water partition coefficient (Wildman–Crippen LogP) is 1.29. The van der Waals surface area contributed by atoms with E-state index in [4.69, 9.17) is 0 Å². The lowest BCUT2D eigenvalue weighted by Gasteiger charge is -2.23. The van der Waals surface area contributed by atoms with E-state index in [1.807, 2.05) is 31.2 Å². The van der Waals surface area contributed by atoms with Gasteiger partial charge in [0.25, 0.3) is 0 Å². The molecule has 1 aliphatic heterocycles. The summed E-state index contributed by atoms with van der Waals surface area (Å²) >= 11 is 0. The molecule has 4 nitrogen and oxygen atoms in total. The van der Waals surface area contributed by atoms with Crippen LogP contribution in [0.3, 0.4) is 0 Å². The third-order valence-electron chi connectivity index (χ3n) is 2.41. The van der Waals surface area contributed by atoms with Gasteiger partial charge in [0.15, 0.2) is 0 Å². The van der Waals surface area contributed by atoms with E-state index in [2.05, 4.69) is 8.91 Å². The van der Waals surface area contributed by atoms with E-state index < -0.39 is 10.3 Å². The zero-order valence-electron chi connectivity index (χ0n) is 8.43. The van der Waals surface area contributed by atoms with E-state index in [0.717, 1.165) is 11.1 Å². The van der Waals surface area contributed by atoms with E-state index in [0.29, 0.717) is 6.42 Å². The van der Waals surface area contributed by atoms with Gasteiger partial charge in [-0.25, -0.2) is 0 Å². The fourth-order valence-electron chi connectivity index (χ4n) is 1.58. The Morgan fingerprint density at radius 2 is 2.00 bits per heavy atom. The topological polar surface area (TPSA) is 55.4 Å². The summed E-state index contributed by atoms with van der Waals surface area (Å²) in [5, 5.41) is 0. The van der Waals surface area contributed by atoms with Crippen molar-refractivity contribution >= 4 is 10.3 Å². The van der Waals surface area contributed by atoms with Crippen LogP contribution in [0, 0.1) is 6.92 Å². The fraction of sp³-hybridized carbons (Fsp3) is 0.400. The summed E-state index contributed by atoms with van der Waals surface area (Å²) in [7, 11) is -3.54. The number of nitrogens with one attached hydrogen (secondary N) is 1. The van der Waals surface area contributed by atoms with Crippen molar-refractivity contribution in [2.45, 2.75) is 19.4 Å². The summed E-state index contributed by atoms with van der Waals surface area (Å²) in [6, 6.07) is 7.66. The van der Waals surface area contributed by atoms with Crippen molar-refractivity contribution in [1.29, 1.82) is 0 Å². The summed E-state index contributed by atoms with van der Waals surface area (Å²) in [4.78, 5) is 0. The van der Waals surface area contributed by atoms with Crippen molar-refractivity contribution in [2.75, 3.05) is 6.61 Å². The molecule has 0 radical (unpaired) electrons. The maximum absolute atomic E-state index is 11.2. The highest BCUT2D eigenvalue weighted by atomic mass is 32.2. The van der Waals surface area contributed by atoms with Crippen LogP contribution in [-0.2, 0) is 14.5 Å². The van der Waals surface area contributed by atoms with Crippen molar-refractivity contribution in [1.82, 2.24) is 4.72 Å². The molecule has 0 amide bonds. The Hall–Kier alpha value is -0.910. The Morgan fingerprint density at radius 1 is 1.33 bits per heavy atom. The SMILES string of the molecule is Cc1ccc(C2CCOS(=O)(=O)N2)cc1. The molecule has 0 aliphatic carbocycles. The summed E-state index contributed by atoms with van der Waals surface area (Å²) in [5.74, 6) is 0. The van der Waals surface area contributed by atoms with Crippen LogP contribution in [0.25, 0.3) is 0 Å². The zero-order valence-corrected chi connectivity index (χ0v) is 9.25. The summed E-state index contributed by atoms with van der Waals surface area (Å²) in [6.07, 6.45) is 0.669. The van der Waals surface area contributed by atoms with E-state index in [1.165, 1.54) is 0 Å². The van der Waals surface area contributed by atoms with Crippen LogP contribution < -0.4 is 4.72 Å². The quantitative estimate of drug-likeness (QED) is 0.786. The molecule has 1 N–H and O–H groups in total. The van der Waals surface area contributed by atoms with Gasteiger partial charge in [0.1, 0.15) is 0 Å². The molecule has 1 atom stereocenters. The lowest BCUT2D eigenvalue weighted by Crippen LogP contribution is -2.36. The Labute approximate surface area is 89.5 Å². The lowest BCUT2D eigenvalue weighted by molar-refractivity contribution is 0.257. The van der Waals surface area contributed by atoms with Gasteiger partial charge in [0, 0.05) is 0 Å². The molecule has 0 saturated carbocycles. The van der Waals surface area contributed by atoms with Crippen molar-refractivity contribution < 1.29 is 12.6 Å². The molecule has 82 valence electrons. The standard InChI is InChI=1S/C10H13NO3S/c1-8-2-4-9(5-3-8)10-6-7-14-15(12,13)11-10/h2-5,10-11H,6-7H2,1H3. The van der Waals surface area contributed by atoms with Crippen LogP contribution in [0.4, 0.5) is 0 Å². The molecule has 5 heteroatoms. The average Bonchev–Trinajstić information content (AvgIpc) is 2.17. The van der Waals surface area contributed by atoms with Crippen molar-refractivity contribution in [3.05, 3.63) is 35.4 Å². The molecular weight excluding hydrogens is 214 g/mol. The van der Waals surface area contributed by atoms with E-state index in [1.54, 1.807) is 0 Å². The highest BCUT2D eigenvalue weighted by Gasteiger charge is 2.25. The second-order valence-corrected chi connectivity index (χ2v) is 5.03. The van der Waals surface area contributed by atoms with Gasteiger partial charge >= 0.3 is 10.3 Å². The molecule has 1 unspecified atom stereocenters. The van der Waals surface area contributed by atoms with Crippen LogP contribution >= 0.6 is 0 Å². The predicted molar refractivity (Wildman–Crippen MR) is 56.5 cm³/mol. The smallest absolute Gasteiger partial charge is 0.258 e. The van der Waals surface area contributed by atoms with Gasteiger partial charge in [-0.1, -0.05) is 29.8 Å². The van der Waals surface area contributed by atoms with Crippen LogP contribution in [-0.4, -0.2) is 15.0 Å². The first kappa shape index (κ1) is 10.6. The minimum Gasteiger partial charge on any atom is -0.258 e. The first-order valence-corrected chi connectivity index (χ1v) is 6.21. The second-order valence-electron chi connectivity index (χ2n) is 3.65. The number of rotatable bonds is 1. The molecule has 15 heavy (non-hydrogen) atoms. The monoisotopic (exact) mass is 227 g/mol. The molecule has 0 aromatic heterocycles. The molecular formula is C10H13NO3S. The third-order valence-corrected chi connectivity index (χ3v) is 3.46. The normalized spacial score (nSPS) is 25.0. The highest BCUT2D eigenvalue weighted by molar-refractivity contribution is 7.84. The van der Waals surface area contributed by atoms with Crippen LogP contribution in [0.1, 0.15) is 23.6 Å². The van der Waals surface area contributed by atoms with Crippen molar-refractivity contribution in [3.8, 4) is 0 Å². The molecule has 0 bridgehead atoms. The number of hydrogen-bond donors (Lipinski definition) is 1. The average molecular weight is 227 g/mol. The fourth-order valence-corrected chi connectivity index (χ4v) is 2.56. The maximum Gasteiger partial charge on any atom is 0.336 e. The molecule has 1 aromatic rings. The van der Waals surface area contributed by atoms with E-state index >= 15 is 0 Å². The first-order valence-electron chi connectivity index (χ1n) is 4.80. The molecule has 1 saturated heterocycles. The first-order chi connectivity index (χ1) is 7.07. The molecule has 0 spiro atoms. The van der Waals surface area contributed by atoms with Gasteiger partial charge in [0.05, 0.1) is 12.6 Å². The second kappa shape index (κ2) is 3.92. The Morgan fingerprint density at radius 3 is 2.60 bits per heavy atom. The lowest BCUT2D eigenvalue weighted by atomic mass is 10.0. The summed E-state index contributed by atoms with van der Waals surface area (Å²) in [6.45, 7) is 2.24. The van der Waals surface area contributed by atoms with Gasteiger partial charge in [0.2, 0.25) is 0 Å². The van der Waals surface area contributed by atoms with E-state index in [-0.39, 0.29) is 12.6 Å². The van der Waals surface area contributed by atoms with Gasteiger partial charge < -0.3 is 0 Å². The third kappa shape index (κ3) is 2.56. The Balaban J connectivity index is 2.21. The summed E-state index contributed by atoms with van der Waals surface area (Å²) < 4.78 is 29.4. The number of benzene rings is 1. The number of aryl methyl sites for hydroxylation is 1. The maximum atomic E-state index is 11.2. The van der Waals surface area contributed by atoms with E-state index in [9.17, 15) is 8.42 Å². The van der Waals surface area contributed by atoms with Crippen LogP contribution in [0.5, 0.6) is 0 Å². The van der Waals surface area contributed by atoms with Crippen molar-refractivity contribution in [2.24, 2.45) is 0 Å². The largest absolute Gasteiger partial charge is 0.336 e. The van der Waals surface area contributed by atoms with Crippen LogP contribution in [0.15, 0.2) is 24.3 Å². The Bertz CT molecular complexity index is 438. The molecule has 2 rings (SSSR count). The minimum absolute atomic E-state index is 0.163. The molecule has 1 aromatic carbocycles. The van der Waals surface area contributed by atoms with Gasteiger partial charge in [-0.15, -0.1) is 0 Å². The van der Waals surface area contributed by atoms with Gasteiger partial charge in [-0.3, -0.25) is 4.18 Å². The van der Waals surface area contributed by atoms with Gasteiger partial charge in [-0.2, -0.15) is 13.1 Å². The summed E-state index contributed by atoms with van der Waals surface area (Å²) in [5.41, 5.74) is 2.14. The van der Waals surface area contributed by atoms with Gasteiger partial charge in [-0.05, 0) is 18.9 Å². The van der Waals surface area contributed by atoms with Crippen LogP contribution in [0.2, 0.25) is 0 Å². The Kier molecular flexibility index (Phi) is 2.77. The van der Waals surface area contributed by atoms with Crippen molar-refractivity contribution in [3.63, 3.8) is 0 Å². The molecule has 1 heterocycles. The molecule has 1 aliphatic rings. The highest BCUT2D eigenvalue weighted by Crippen LogP contribution is 2.22.